The molecule has 1 unspecified atom stereocenters. The molecule has 7 rings (SSSR count). The maximum atomic E-state index is 14.0. The third-order valence-electron chi connectivity index (χ3n) is 8.72. The van der Waals surface area contributed by atoms with Crippen molar-refractivity contribution in [2.24, 2.45) is 5.41 Å². The van der Waals surface area contributed by atoms with Crippen LogP contribution in [-0.4, -0.2) is 53.7 Å². The van der Waals surface area contributed by atoms with Crippen LogP contribution in [0, 0.1) is 5.41 Å². The van der Waals surface area contributed by atoms with Crippen LogP contribution in [0.25, 0.3) is 10.1 Å². The van der Waals surface area contributed by atoms with E-state index in [2.05, 4.69) is 65.4 Å². The number of carbonyl (C=O) groups excluding carboxylic acids is 2. The zero-order valence-corrected chi connectivity index (χ0v) is 24.9. The number of Topliss-reactive ketones (excluding diaryl/α,β-unsaturated/α-hetero) is 1. The topological polar surface area (TPSA) is 68.8 Å². The van der Waals surface area contributed by atoms with Gasteiger partial charge in [-0.2, -0.15) is 4.37 Å². The summed E-state index contributed by atoms with van der Waals surface area (Å²) < 4.78 is 5.91. The first kappa shape index (κ1) is 26.7. The molecule has 1 aliphatic carbocycles. The number of nitrogens with one attached hydrogen (secondary N) is 1. The monoisotopic (exact) mass is 577 g/mol. The van der Waals surface area contributed by atoms with Crippen LogP contribution in [0.5, 0.6) is 0 Å². The molecule has 2 aliphatic heterocycles. The number of hydrogen-bond donors (Lipinski definition) is 1. The molecule has 0 saturated carbocycles. The minimum Gasteiger partial charge on any atom is -0.357 e. The fourth-order valence-corrected chi connectivity index (χ4v) is 7.52. The maximum absolute atomic E-state index is 14.0. The highest BCUT2D eigenvalue weighted by Crippen LogP contribution is 2.48. The quantitative estimate of drug-likeness (QED) is 0.309. The van der Waals surface area contributed by atoms with Crippen molar-refractivity contribution in [2.75, 3.05) is 47.8 Å². The highest BCUT2D eigenvalue weighted by atomic mass is 32.1. The number of piperazine rings is 1. The molecule has 1 atom stereocenters. The van der Waals surface area contributed by atoms with Gasteiger partial charge in [0.15, 0.2) is 5.78 Å². The number of fused-ring (bicyclic) bond motifs is 2. The Morgan fingerprint density at radius 3 is 2.45 bits per heavy atom. The number of anilines is 3. The van der Waals surface area contributed by atoms with E-state index < -0.39 is 0 Å². The lowest BCUT2D eigenvalue weighted by Gasteiger charge is -2.40. The van der Waals surface area contributed by atoms with Crippen molar-refractivity contribution in [3.8, 4) is 0 Å². The van der Waals surface area contributed by atoms with E-state index in [1.54, 1.807) is 0 Å². The summed E-state index contributed by atoms with van der Waals surface area (Å²) in [6, 6.07) is 26.3. The van der Waals surface area contributed by atoms with Crippen LogP contribution < -0.4 is 15.1 Å². The van der Waals surface area contributed by atoms with Gasteiger partial charge < -0.3 is 20.0 Å². The Labute approximate surface area is 250 Å². The smallest absolute Gasteiger partial charge is 0.242 e. The molecule has 214 valence electrons. The van der Waals surface area contributed by atoms with Gasteiger partial charge in [-0.3, -0.25) is 9.59 Å². The number of hydrogen-bond acceptors (Lipinski definition) is 7. The number of nitrogens with zero attached hydrogens (tertiary/aromatic N) is 4. The summed E-state index contributed by atoms with van der Waals surface area (Å²) >= 11 is 1.52. The number of amides is 1. The van der Waals surface area contributed by atoms with E-state index >= 15 is 0 Å². The SMILES string of the molecule is CC1(C)CC(=O)C2=C(C1)Nc1ccccc1N(CC(=O)N1CCN(c3nsc4ccccc34)CC1)C2c1ccccc1. The number of para-hydroxylation sites is 2. The van der Waals surface area contributed by atoms with Crippen LogP contribution in [0.4, 0.5) is 17.2 Å². The van der Waals surface area contributed by atoms with E-state index in [4.69, 9.17) is 4.37 Å². The lowest BCUT2D eigenvalue weighted by atomic mass is 9.73. The lowest BCUT2D eigenvalue weighted by Crippen LogP contribution is -2.52. The second kappa shape index (κ2) is 10.6. The van der Waals surface area contributed by atoms with Crippen molar-refractivity contribution in [2.45, 2.75) is 32.7 Å². The van der Waals surface area contributed by atoms with Gasteiger partial charge in [0.25, 0.3) is 0 Å². The minimum absolute atomic E-state index is 0.0705. The molecule has 7 nitrogen and oxygen atoms in total. The zero-order chi connectivity index (χ0) is 28.8. The van der Waals surface area contributed by atoms with Crippen molar-refractivity contribution < 1.29 is 9.59 Å². The van der Waals surface area contributed by atoms with Gasteiger partial charge in [0.05, 0.1) is 28.7 Å². The van der Waals surface area contributed by atoms with E-state index in [0.29, 0.717) is 19.5 Å². The van der Waals surface area contributed by atoms with Gasteiger partial charge >= 0.3 is 0 Å². The number of ketones is 1. The average molecular weight is 578 g/mol. The molecular formula is C34H35N5O2S. The van der Waals surface area contributed by atoms with Crippen LogP contribution >= 0.6 is 11.5 Å². The van der Waals surface area contributed by atoms with Gasteiger partial charge in [-0.1, -0.05) is 68.4 Å². The van der Waals surface area contributed by atoms with Gasteiger partial charge in [0, 0.05) is 49.3 Å². The molecule has 0 bridgehead atoms. The Bertz CT molecular complexity index is 1690. The van der Waals surface area contributed by atoms with Crippen LogP contribution in [0.1, 0.15) is 38.3 Å². The Hall–Kier alpha value is -4.17. The molecule has 1 aromatic heterocycles. The summed E-state index contributed by atoms with van der Waals surface area (Å²) in [5, 5.41) is 4.82. The first-order valence-corrected chi connectivity index (χ1v) is 15.5. The van der Waals surface area contributed by atoms with Crippen molar-refractivity contribution >= 4 is 50.5 Å². The summed E-state index contributed by atoms with van der Waals surface area (Å²) in [5.41, 5.74) is 4.51. The van der Waals surface area contributed by atoms with E-state index in [1.165, 1.54) is 21.6 Å². The van der Waals surface area contributed by atoms with E-state index in [0.717, 1.165) is 53.5 Å². The highest BCUT2D eigenvalue weighted by molar-refractivity contribution is 7.13. The molecular weight excluding hydrogens is 542 g/mol. The van der Waals surface area contributed by atoms with Crippen LogP contribution in [0.2, 0.25) is 0 Å². The predicted octanol–water partition coefficient (Wildman–Crippen LogP) is 6.26. The van der Waals surface area contributed by atoms with Crippen LogP contribution in [0.15, 0.2) is 90.1 Å². The first-order valence-electron chi connectivity index (χ1n) is 14.7. The van der Waals surface area contributed by atoms with Gasteiger partial charge in [0.1, 0.15) is 5.82 Å². The molecule has 1 fully saturated rings. The number of aromatic nitrogens is 1. The van der Waals surface area contributed by atoms with Crippen molar-refractivity contribution in [3.63, 3.8) is 0 Å². The lowest BCUT2D eigenvalue weighted by molar-refractivity contribution is -0.130. The highest BCUT2D eigenvalue weighted by Gasteiger charge is 2.42. The fourth-order valence-electron chi connectivity index (χ4n) is 6.72. The molecule has 1 amide bonds. The largest absolute Gasteiger partial charge is 0.357 e. The Morgan fingerprint density at radius 1 is 0.929 bits per heavy atom. The summed E-state index contributed by atoms with van der Waals surface area (Å²) in [6.07, 6.45) is 1.27. The van der Waals surface area contributed by atoms with E-state index in [9.17, 15) is 9.59 Å². The van der Waals surface area contributed by atoms with Crippen LogP contribution in [0.3, 0.4) is 0 Å². The summed E-state index contributed by atoms with van der Waals surface area (Å²) in [4.78, 5) is 34.3. The molecule has 3 heterocycles. The molecule has 0 spiro atoms. The zero-order valence-electron chi connectivity index (χ0n) is 24.0. The maximum Gasteiger partial charge on any atom is 0.242 e. The number of carbonyl (C=O) groups is 2. The normalized spacial score (nSPS) is 20.2. The molecule has 42 heavy (non-hydrogen) atoms. The van der Waals surface area contributed by atoms with Crippen LogP contribution in [-0.2, 0) is 9.59 Å². The Kier molecular flexibility index (Phi) is 6.73. The molecule has 1 saturated heterocycles. The molecule has 1 N–H and O–H groups in total. The van der Waals surface area contributed by atoms with Gasteiger partial charge in [-0.25, -0.2) is 0 Å². The third kappa shape index (κ3) is 4.83. The average Bonchev–Trinajstić information content (AvgIpc) is 3.37. The van der Waals surface area contributed by atoms with Gasteiger partial charge in [-0.05, 0) is 53.2 Å². The van der Waals surface area contributed by atoms with Crippen molar-refractivity contribution in [3.05, 3.63) is 95.7 Å². The molecule has 8 heteroatoms. The number of benzene rings is 3. The molecule has 4 aromatic rings. The summed E-state index contributed by atoms with van der Waals surface area (Å²) in [6.45, 7) is 7.24. The predicted molar refractivity (Wildman–Crippen MR) is 170 cm³/mol. The van der Waals surface area contributed by atoms with E-state index in [-0.39, 0.29) is 29.7 Å². The Morgan fingerprint density at radius 2 is 1.64 bits per heavy atom. The minimum atomic E-state index is -0.354. The van der Waals surface area contributed by atoms with Crippen molar-refractivity contribution in [1.29, 1.82) is 0 Å². The first-order chi connectivity index (χ1) is 20.4. The summed E-state index contributed by atoms with van der Waals surface area (Å²) in [5.74, 6) is 1.23. The third-order valence-corrected chi connectivity index (χ3v) is 9.53. The van der Waals surface area contributed by atoms with Crippen molar-refractivity contribution in [1.82, 2.24) is 9.27 Å². The molecule has 3 aliphatic rings. The fraction of sp³-hybridized carbons (Fsp3) is 0.324. The number of allylic oxidation sites excluding steroid dienone is 1. The Balaban J connectivity index is 1.20. The molecule has 3 aromatic carbocycles. The van der Waals surface area contributed by atoms with Gasteiger partial charge in [0.2, 0.25) is 5.91 Å². The summed E-state index contributed by atoms with van der Waals surface area (Å²) in [7, 11) is 0. The second-order valence-corrected chi connectivity index (χ2v) is 13.1. The van der Waals surface area contributed by atoms with E-state index in [1.807, 2.05) is 47.4 Å². The standard InChI is InChI=1S/C34H35N5O2S/c1-34(2)20-26-31(28(40)21-34)32(23-10-4-3-5-11-23)39(27-14-8-7-13-25(27)35-26)22-30(41)37-16-18-38(19-17-37)33-24-12-6-9-15-29(24)42-36-33/h3-15,32,35H,16-22H2,1-2H3. The molecule has 0 radical (unpaired) electrons. The number of rotatable bonds is 4. The second-order valence-electron chi connectivity index (χ2n) is 12.3. The van der Waals surface area contributed by atoms with Gasteiger partial charge in [-0.15, -0.1) is 0 Å².